The van der Waals surface area contributed by atoms with E-state index >= 15 is 0 Å². The predicted octanol–water partition coefficient (Wildman–Crippen LogP) is 4.65. The minimum absolute atomic E-state index is 0.163. The first kappa shape index (κ1) is 18.7. The Morgan fingerprint density at radius 3 is 2.59 bits per heavy atom. The molecule has 1 amide bonds. The van der Waals surface area contributed by atoms with Crippen molar-refractivity contribution in [1.82, 2.24) is 14.4 Å². The van der Waals surface area contributed by atoms with Crippen LogP contribution in [0.1, 0.15) is 35.2 Å². The lowest BCUT2D eigenvalue weighted by atomic mass is 10.1. The maximum absolute atomic E-state index is 12.9. The number of benzene rings is 2. The monoisotopic (exact) mass is 407 g/mol. The smallest absolute Gasteiger partial charge is 0.253 e. The van der Waals surface area contributed by atoms with Crippen LogP contribution in [0.5, 0.6) is 0 Å². The maximum Gasteiger partial charge on any atom is 0.253 e. The Morgan fingerprint density at radius 1 is 1.00 bits per heavy atom. The molecule has 0 unspecified atom stereocenters. The standard InChI is InChI=1S/C24H26ClN3O/c25-21-8-7-19-9-13-27(23(19)15-21)16-18-3-5-20(6-4-18)24(29)28-14-10-22(17-28)26-11-1-2-12-26/h3-9,13,15,22H,1-2,10-12,14,16-17H2/t22-/m0/s1. The molecule has 2 fully saturated rings. The molecule has 0 saturated carbocycles. The van der Waals surface area contributed by atoms with Crippen LogP contribution in [-0.4, -0.2) is 52.5 Å². The maximum atomic E-state index is 12.9. The van der Waals surface area contributed by atoms with Crippen LogP contribution in [0.3, 0.4) is 0 Å². The number of likely N-dealkylation sites (tertiary alicyclic amines) is 2. The predicted molar refractivity (Wildman–Crippen MR) is 118 cm³/mol. The summed E-state index contributed by atoms with van der Waals surface area (Å²) in [6.07, 6.45) is 5.79. The SMILES string of the molecule is O=C(c1ccc(Cn2ccc3ccc(Cl)cc32)cc1)N1CC[C@H](N2CCCC2)C1. The number of fused-ring (bicyclic) bond motifs is 1. The molecule has 0 aliphatic carbocycles. The molecule has 5 heteroatoms. The summed E-state index contributed by atoms with van der Waals surface area (Å²) in [4.78, 5) is 17.5. The molecule has 0 radical (unpaired) electrons. The number of nitrogens with zero attached hydrogens (tertiary/aromatic N) is 3. The van der Waals surface area contributed by atoms with Crippen LogP contribution in [0.4, 0.5) is 0 Å². The van der Waals surface area contributed by atoms with Crippen molar-refractivity contribution in [3.63, 3.8) is 0 Å². The lowest BCUT2D eigenvalue weighted by molar-refractivity contribution is 0.0780. The highest BCUT2D eigenvalue weighted by Gasteiger charge is 2.31. The van der Waals surface area contributed by atoms with Crippen molar-refractivity contribution in [2.45, 2.75) is 31.8 Å². The summed E-state index contributed by atoms with van der Waals surface area (Å²) in [5.41, 5.74) is 3.09. The van der Waals surface area contributed by atoms with Gasteiger partial charge in [-0.05, 0) is 73.6 Å². The summed E-state index contributed by atoms with van der Waals surface area (Å²) in [6.45, 7) is 4.90. The molecule has 1 atom stereocenters. The molecule has 2 aliphatic heterocycles. The zero-order valence-electron chi connectivity index (χ0n) is 16.6. The first-order valence-corrected chi connectivity index (χ1v) is 10.9. The molecule has 3 aromatic rings. The zero-order chi connectivity index (χ0) is 19.8. The van der Waals surface area contributed by atoms with Crippen molar-refractivity contribution in [1.29, 1.82) is 0 Å². The van der Waals surface area contributed by atoms with Gasteiger partial charge in [-0.15, -0.1) is 0 Å². The summed E-state index contributed by atoms with van der Waals surface area (Å²) in [5.74, 6) is 0.163. The topological polar surface area (TPSA) is 28.5 Å². The summed E-state index contributed by atoms with van der Waals surface area (Å²) in [5, 5.41) is 1.93. The quantitative estimate of drug-likeness (QED) is 0.629. The van der Waals surface area contributed by atoms with Gasteiger partial charge in [-0.3, -0.25) is 9.69 Å². The third-order valence-electron chi connectivity index (χ3n) is 6.40. The lowest BCUT2D eigenvalue weighted by Gasteiger charge is -2.23. The number of carbonyl (C=O) groups excluding carboxylic acids is 1. The van der Waals surface area contributed by atoms with Gasteiger partial charge in [0.25, 0.3) is 5.91 Å². The van der Waals surface area contributed by atoms with E-state index in [4.69, 9.17) is 11.6 Å². The third-order valence-corrected chi connectivity index (χ3v) is 6.63. The Kier molecular flexibility index (Phi) is 5.06. The van der Waals surface area contributed by atoms with Crippen molar-refractivity contribution >= 4 is 28.4 Å². The number of hydrogen-bond donors (Lipinski definition) is 0. The van der Waals surface area contributed by atoms with Crippen molar-refractivity contribution in [2.75, 3.05) is 26.2 Å². The highest BCUT2D eigenvalue weighted by molar-refractivity contribution is 6.31. The van der Waals surface area contributed by atoms with E-state index in [1.165, 1.54) is 36.9 Å². The summed E-state index contributed by atoms with van der Waals surface area (Å²) < 4.78 is 2.19. The van der Waals surface area contributed by atoms with Gasteiger partial charge in [-0.1, -0.05) is 29.8 Å². The van der Waals surface area contributed by atoms with Crippen LogP contribution in [0.25, 0.3) is 10.9 Å². The summed E-state index contributed by atoms with van der Waals surface area (Å²) >= 11 is 6.16. The molecule has 29 heavy (non-hydrogen) atoms. The second-order valence-corrected chi connectivity index (χ2v) is 8.72. The van der Waals surface area contributed by atoms with E-state index in [9.17, 15) is 4.79 Å². The molecular formula is C24H26ClN3O. The van der Waals surface area contributed by atoms with Crippen molar-refractivity contribution in [3.8, 4) is 0 Å². The van der Waals surface area contributed by atoms with E-state index in [1.54, 1.807) is 0 Å². The van der Waals surface area contributed by atoms with Crippen LogP contribution < -0.4 is 0 Å². The molecule has 2 saturated heterocycles. The van der Waals surface area contributed by atoms with E-state index in [2.05, 4.69) is 33.9 Å². The molecule has 0 bridgehead atoms. The highest BCUT2D eigenvalue weighted by atomic mass is 35.5. The summed E-state index contributed by atoms with van der Waals surface area (Å²) in [7, 11) is 0. The number of hydrogen-bond acceptors (Lipinski definition) is 2. The van der Waals surface area contributed by atoms with Gasteiger partial charge in [0.05, 0.1) is 0 Å². The van der Waals surface area contributed by atoms with Gasteiger partial charge in [0.15, 0.2) is 0 Å². The Bertz CT molecular complexity index is 1020. The van der Waals surface area contributed by atoms with Gasteiger partial charge >= 0.3 is 0 Å². The number of carbonyl (C=O) groups is 1. The average molecular weight is 408 g/mol. The van der Waals surface area contributed by atoms with Gasteiger partial charge in [0.1, 0.15) is 0 Å². The molecule has 0 spiro atoms. The van der Waals surface area contributed by atoms with Crippen LogP contribution in [0.15, 0.2) is 54.7 Å². The average Bonchev–Trinajstić information content (AvgIpc) is 3.49. The molecule has 4 nitrogen and oxygen atoms in total. The molecule has 2 aromatic carbocycles. The Labute approximate surface area is 176 Å². The fourth-order valence-corrected chi connectivity index (χ4v) is 4.92. The Balaban J connectivity index is 1.26. The molecule has 3 heterocycles. The van der Waals surface area contributed by atoms with Gasteiger partial charge < -0.3 is 9.47 Å². The molecular weight excluding hydrogens is 382 g/mol. The van der Waals surface area contributed by atoms with Crippen LogP contribution >= 0.6 is 11.6 Å². The zero-order valence-corrected chi connectivity index (χ0v) is 17.3. The third kappa shape index (κ3) is 3.79. The van der Waals surface area contributed by atoms with E-state index < -0.39 is 0 Å². The van der Waals surface area contributed by atoms with Gasteiger partial charge in [-0.2, -0.15) is 0 Å². The molecule has 1 aromatic heterocycles. The number of aromatic nitrogens is 1. The Hall–Kier alpha value is -2.30. The van der Waals surface area contributed by atoms with E-state index in [0.717, 1.165) is 42.2 Å². The van der Waals surface area contributed by atoms with E-state index in [1.807, 2.05) is 35.2 Å². The molecule has 0 N–H and O–H groups in total. The van der Waals surface area contributed by atoms with Crippen LogP contribution in [0, 0.1) is 0 Å². The van der Waals surface area contributed by atoms with Gasteiger partial charge in [0, 0.05) is 48.0 Å². The van der Waals surface area contributed by atoms with Crippen LogP contribution in [-0.2, 0) is 6.54 Å². The van der Waals surface area contributed by atoms with E-state index in [-0.39, 0.29) is 5.91 Å². The number of rotatable bonds is 4. The summed E-state index contributed by atoms with van der Waals surface area (Å²) in [6, 6.07) is 16.7. The first-order chi connectivity index (χ1) is 14.2. The Morgan fingerprint density at radius 2 is 1.79 bits per heavy atom. The molecule has 150 valence electrons. The second kappa shape index (κ2) is 7.85. The van der Waals surface area contributed by atoms with Crippen molar-refractivity contribution < 1.29 is 4.79 Å². The fourth-order valence-electron chi connectivity index (χ4n) is 4.76. The number of amides is 1. The molecule has 5 rings (SSSR count). The van der Waals surface area contributed by atoms with Gasteiger partial charge in [0.2, 0.25) is 0 Å². The largest absolute Gasteiger partial charge is 0.343 e. The van der Waals surface area contributed by atoms with Crippen molar-refractivity contribution in [2.24, 2.45) is 0 Å². The van der Waals surface area contributed by atoms with Gasteiger partial charge in [-0.25, -0.2) is 0 Å². The highest BCUT2D eigenvalue weighted by Crippen LogP contribution is 2.23. The minimum atomic E-state index is 0.163. The fraction of sp³-hybridized carbons (Fsp3) is 0.375. The van der Waals surface area contributed by atoms with Crippen LogP contribution in [0.2, 0.25) is 5.02 Å². The second-order valence-electron chi connectivity index (χ2n) is 8.28. The lowest BCUT2D eigenvalue weighted by Crippen LogP contribution is -2.37. The van der Waals surface area contributed by atoms with Crippen molar-refractivity contribution in [3.05, 3.63) is 70.9 Å². The number of halogens is 1. The van der Waals surface area contributed by atoms with E-state index in [0.29, 0.717) is 6.04 Å². The molecule has 2 aliphatic rings. The first-order valence-electron chi connectivity index (χ1n) is 10.5. The normalized spacial score (nSPS) is 20.0. The minimum Gasteiger partial charge on any atom is -0.343 e.